The Morgan fingerprint density at radius 3 is 1.85 bits per heavy atom. The average molecular weight is 408 g/mol. The Bertz CT molecular complexity index is 74.6. The standard InChI is InChI=1S/C7H15.C4H9N.U/c1-5-6-7(2,3)4;1-2-3-4-5;/h2,5-6H2,1,3-4H3;3H,1-2,4-5H2;/q-1;-2;+3. The number of nitrogens with two attached hydrogens (primary N) is 1. The van der Waals surface area contributed by atoms with Gasteiger partial charge in [0.2, 0.25) is 0 Å². The van der Waals surface area contributed by atoms with Gasteiger partial charge in [-0.2, -0.15) is 5.41 Å². The molecule has 2 heteroatoms. The van der Waals surface area contributed by atoms with E-state index >= 15 is 0 Å². The van der Waals surface area contributed by atoms with Gasteiger partial charge in [-0.1, -0.05) is 33.6 Å². The van der Waals surface area contributed by atoms with Gasteiger partial charge in [0, 0.05) is 0 Å². The average Bonchev–Trinajstić information content (AvgIpc) is 1.87. The van der Waals surface area contributed by atoms with E-state index in [4.69, 9.17) is 5.73 Å². The molecule has 0 aliphatic carbocycles. The van der Waals surface area contributed by atoms with Crippen molar-refractivity contribution in [2.75, 3.05) is 6.54 Å². The van der Waals surface area contributed by atoms with Gasteiger partial charge >= 0.3 is 31.1 Å². The second kappa shape index (κ2) is 13.0. The van der Waals surface area contributed by atoms with Crippen molar-refractivity contribution in [3.8, 4) is 0 Å². The van der Waals surface area contributed by atoms with Crippen molar-refractivity contribution in [3.63, 3.8) is 0 Å². The topological polar surface area (TPSA) is 26.0 Å². The van der Waals surface area contributed by atoms with Crippen LogP contribution < -0.4 is 5.73 Å². The summed E-state index contributed by atoms with van der Waals surface area (Å²) in [7, 11) is 0. The van der Waals surface area contributed by atoms with E-state index in [-0.39, 0.29) is 31.1 Å². The van der Waals surface area contributed by atoms with Crippen LogP contribution >= 0.6 is 0 Å². The molecule has 2 N–H and O–H groups in total. The summed E-state index contributed by atoms with van der Waals surface area (Å²) in [5.74, 6) is 0. The Kier molecular flexibility index (Phi) is 19.6. The van der Waals surface area contributed by atoms with Crippen LogP contribution in [0.2, 0.25) is 0 Å². The van der Waals surface area contributed by atoms with Crippen LogP contribution in [-0.2, 0) is 0 Å². The van der Waals surface area contributed by atoms with Gasteiger partial charge < -0.3 is 32.4 Å². The Hall–Kier alpha value is 1.01. The van der Waals surface area contributed by atoms with Gasteiger partial charge in [0.15, 0.2) is 0 Å². The zero-order chi connectivity index (χ0) is 10.0. The van der Waals surface area contributed by atoms with Crippen LogP contribution in [0.5, 0.6) is 0 Å². The predicted molar refractivity (Wildman–Crippen MR) is 57.4 cm³/mol. The zero-order valence-electron chi connectivity index (χ0n) is 9.40. The Labute approximate surface area is 109 Å². The molecular weight excluding hydrogens is 384 g/mol. The smallest absolute Gasteiger partial charge is 0.372 e. The molecular formula is C11H24NU. The minimum atomic E-state index is 0. The fraction of sp³-hybridized carbons (Fsp3) is 0.727. The van der Waals surface area contributed by atoms with E-state index in [0.29, 0.717) is 12.0 Å². The van der Waals surface area contributed by atoms with Crippen LogP contribution in [0.3, 0.4) is 0 Å². The monoisotopic (exact) mass is 408 g/mol. The molecule has 0 spiro atoms. The van der Waals surface area contributed by atoms with Gasteiger partial charge in [0.25, 0.3) is 0 Å². The summed E-state index contributed by atoms with van der Waals surface area (Å²) in [6.45, 7) is 14.7. The molecule has 1 radical (unpaired) electrons. The summed E-state index contributed by atoms with van der Waals surface area (Å²) >= 11 is 0. The first-order chi connectivity index (χ1) is 5.47. The van der Waals surface area contributed by atoms with Gasteiger partial charge in [-0.15, -0.1) is 6.54 Å². The first kappa shape index (κ1) is 19.6. The van der Waals surface area contributed by atoms with Gasteiger partial charge in [-0.25, -0.2) is 0 Å². The molecule has 0 saturated carbocycles. The Balaban J connectivity index is -0.000000150. The van der Waals surface area contributed by atoms with Crippen molar-refractivity contribution in [2.24, 2.45) is 11.1 Å². The first-order valence-corrected chi connectivity index (χ1v) is 4.64. The predicted octanol–water partition coefficient (Wildman–Crippen LogP) is 3.02. The second-order valence-corrected chi connectivity index (χ2v) is 3.73. The van der Waals surface area contributed by atoms with Crippen LogP contribution in [0.15, 0.2) is 0 Å². The van der Waals surface area contributed by atoms with Gasteiger partial charge in [-0.05, 0) is 0 Å². The number of hydrogen-bond donors (Lipinski definition) is 1. The van der Waals surface area contributed by atoms with E-state index in [1.54, 1.807) is 0 Å². The van der Waals surface area contributed by atoms with Crippen molar-refractivity contribution in [1.82, 2.24) is 0 Å². The molecule has 0 bridgehead atoms. The number of hydrogen-bond acceptors (Lipinski definition) is 1. The fourth-order valence-corrected chi connectivity index (χ4v) is 0.795. The van der Waals surface area contributed by atoms with Crippen molar-refractivity contribution >= 4 is 0 Å². The third-order valence-corrected chi connectivity index (χ3v) is 1.30. The summed E-state index contributed by atoms with van der Waals surface area (Å²) in [6.07, 6.45) is 5.24. The summed E-state index contributed by atoms with van der Waals surface area (Å²) in [5, 5.41) is 0. The minimum Gasteiger partial charge on any atom is -0.372 e. The summed E-state index contributed by atoms with van der Waals surface area (Å²) in [4.78, 5) is 0. The van der Waals surface area contributed by atoms with Crippen LogP contribution in [0, 0.1) is 56.8 Å². The molecule has 0 aromatic rings. The Morgan fingerprint density at radius 1 is 1.38 bits per heavy atom. The van der Waals surface area contributed by atoms with E-state index in [0.717, 1.165) is 6.42 Å². The van der Waals surface area contributed by atoms with Gasteiger partial charge in [-0.3, -0.25) is 0 Å². The van der Waals surface area contributed by atoms with Crippen LogP contribution in [0.1, 0.15) is 40.0 Å². The molecule has 0 fully saturated rings. The van der Waals surface area contributed by atoms with Crippen LogP contribution in [0.25, 0.3) is 0 Å². The van der Waals surface area contributed by atoms with Crippen LogP contribution in [-0.4, -0.2) is 6.54 Å². The molecule has 13 heavy (non-hydrogen) atoms. The number of rotatable bonds is 4. The largest absolute Gasteiger partial charge is 3.00 e. The van der Waals surface area contributed by atoms with Crippen molar-refractivity contribution in [3.05, 3.63) is 20.3 Å². The molecule has 0 saturated heterocycles. The maximum absolute atomic E-state index is 5.04. The molecule has 1 nitrogen and oxygen atoms in total. The van der Waals surface area contributed by atoms with E-state index in [1.807, 2.05) is 6.42 Å². The molecule has 0 unspecified atom stereocenters. The minimum absolute atomic E-state index is 0. The van der Waals surface area contributed by atoms with Gasteiger partial charge in [0.1, 0.15) is 0 Å². The first-order valence-electron chi connectivity index (χ1n) is 4.64. The van der Waals surface area contributed by atoms with E-state index in [2.05, 4.69) is 34.6 Å². The fourth-order valence-electron chi connectivity index (χ4n) is 0.795. The summed E-state index contributed by atoms with van der Waals surface area (Å²) < 4.78 is 0. The molecule has 0 aliphatic heterocycles. The third-order valence-electron chi connectivity index (χ3n) is 1.30. The maximum Gasteiger partial charge on any atom is 3.00 e. The van der Waals surface area contributed by atoms with E-state index < -0.39 is 0 Å². The molecule has 0 aromatic carbocycles. The maximum atomic E-state index is 5.04. The molecule has 0 aromatic heterocycles. The third kappa shape index (κ3) is 32.1. The SMILES string of the molecule is [CH2-]C(C)(C)CCC.[CH2-]C[CH-]CN.[U+3]. The molecule has 0 rings (SSSR count). The Morgan fingerprint density at radius 2 is 1.85 bits per heavy atom. The van der Waals surface area contributed by atoms with E-state index in [1.165, 1.54) is 12.8 Å². The summed E-state index contributed by atoms with van der Waals surface area (Å²) in [6, 6.07) is 0. The molecule has 0 amide bonds. The quantitative estimate of drug-likeness (QED) is 0.712. The normalized spacial score (nSPS) is 9.69. The second-order valence-electron chi connectivity index (χ2n) is 3.73. The van der Waals surface area contributed by atoms with Crippen molar-refractivity contribution < 1.29 is 31.1 Å². The van der Waals surface area contributed by atoms with Crippen LogP contribution in [0.4, 0.5) is 0 Å². The van der Waals surface area contributed by atoms with Crippen molar-refractivity contribution in [2.45, 2.75) is 40.0 Å². The number of unbranched alkanes of at least 4 members (excludes halogenated alkanes) is 1. The molecule has 77 valence electrons. The zero-order valence-corrected chi connectivity index (χ0v) is 13.6. The van der Waals surface area contributed by atoms with E-state index in [9.17, 15) is 0 Å². The van der Waals surface area contributed by atoms with Gasteiger partial charge in [0.05, 0.1) is 0 Å². The molecule has 0 aliphatic rings. The van der Waals surface area contributed by atoms with Crippen molar-refractivity contribution in [1.29, 1.82) is 0 Å². The molecule has 0 atom stereocenters. The summed E-state index contributed by atoms with van der Waals surface area (Å²) in [5.41, 5.74) is 5.34. The molecule has 0 heterocycles.